The molecule has 19 heavy (non-hydrogen) atoms. The Morgan fingerprint density at radius 1 is 1.53 bits per heavy atom. The molecule has 2 heterocycles. The molecule has 1 aliphatic heterocycles. The number of aliphatic hydroxyl groups excluding tert-OH is 1. The van der Waals surface area contributed by atoms with Crippen molar-refractivity contribution in [2.75, 3.05) is 13.2 Å². The van der Waals surface area contributed by atoms with Crippen molar-refractivity contribution in [3.8, 4) is 0 Å². The standard InChI is InChI=1S/C13H22BrN3O2/c1-9(2)5-10(18)6-15-7-11-13(14)16-12-8-19-4-3-17(11)12/h9-10,15,18H,3-8H2,1-2H3. The van der Waals surface area contributed by atoms with E-state index in [1.807, 2.05) is 0 Å². The number of hydrogen-bond donors (Lipinski definition) is 2. The van der Waals surface area contributed by atoms with Gasteiger partial charge in [-0.2, -0.15) is 0 Å². The highest BCUT2D eigenvalue weighted by molar-refractivity contribution is 9.10. The van der Waals surface area contributed by atoms with E-state index in [2.05, 4.69) is 44.6 Å². The van der Waals surface area contributed by atoms with E-state index < -0.39 is 0 Å². The monoisotopic (exact) mass is 331 g/mol. The fourth-order valence-corrected chi connectivity index (χ4v) is 2.91. The van der Waals surface area contributed by atoms with Crippen LogP contribution < -0.4 is 5.32 Å². The quantitative estimate of drug-likeness (QED) is 0.832. The number of fused-ring (bicyclic) bond motifs is 1. The number of aliphatic hydroxyl groups is 1. The van der Waals surface area contributed by atoms with Crippen LogP contribution in [0.4, 0.5) is 0 Å². The van der Waals surface area contributed by atoms with Crippen molar-refractivity contribution in [2.24, 2.45) is 5.92 Å². The van der Waals surface area contributed by atoms with Crippen LogP contribution in [0.1, 0.15) is 31.8 Å². The minimum atomic E-state index is -0.286. The van der Waals surface area contributed by atoms with Crippen molar-refractivity contribution in [3.05, 3.63) is 16.1 Å². The Morgan fingerprint density at radius 3 is 3.05 bits per heavy atom. The van der Waals surface area contributed by atoms with Crippen LogP contribution >= 0.6 is 15.9 Å². The van der Waals surface area contributed by atoms with Gasteiger partial charge < -0.3 is 19.7 Å². The fourth-order valence-electron chi connectivity index (χ4n) is 2.35. The van der Waals surface area contributed by atoms with Gasteiger partial charge in [-0.15, -0.1) is 0 Å². The first kappa shape index (κ1) is 15.0. The van der Waals surface area contributed by atoms with Gasteiger partial charge in [-0.3, -0.25) is 0 Å². The Hall–Kier alpha value is -0.430. The van der Waals surface area contributed by atoms with E-state index in [4.69, 9.17) is 4.74 Å². The molecule has 0 aromatic carbocycles. The lowest BCUT2D eigenvalue weighted by Gasteiger charge is -2.18. The van der Waals surface area contributed by atoms with Crippen molar-refractivity contribution in [2.45, 2.75) is 46.1 Å². The average molecular weight is 332 g/mol. The third kappa shape index (κ3) is 4.02. The molecule has 1 aromatic heterocycles. The van der Waals surface area contributed by atoms with Crippen LogP contribution in [0, 0.1) is 5.92 Å². The molecule has 2 rings (SSSR count). The SMILES string of the molecule is CC(C)CC(O)CNCc1c(Br)nc2n1CCOC2. The second kappa shape index (κ2) is 6.83. The zero-order chi connectivity index (χ0) is 13.8. The predicted molar refractivity (Wildman–Crippen MR) is 76.8 cm³/mol. The van der Waals surface area contributed by atoms with Crippen LogP contribution in [-0.2, 0) is 24.4 Å². The van der Waals surface area contributed by atoms with Gasteiger partial charge in [-0.05, 0) is 28.3 Å². The molecule has 1 atom stereocenters. The van der Waals surface area contributed by atoms with Crippen molar-refractivity contribution >= 4 is 15.9 Å². The normalized spacial score (nSPS) is 16.7. The second-order valence-corrected chi connectivity index (χ2v) is 6.14. The van der Waals surface area contributed by atoms with Gasteiger partial charge in [0.2, 0.25) is 0 Å². The van der Waals surface area contributed by atoms with E-state index in [0.29, 0.717) is 25.6 Å². The molecular formula is C13H22BrN3O2. The van der Waals surface area contributed by atoms with Crippen molar-refractivity contribution in [1.82, 2.24) is 14.9 Å². The Balaban J connectivity index is 1.88. The van der Waals surface area contributed by atoms with Crippen molar-refractivity contribution in [1.29, 1.82) is 0 Å². The minimum Gasteiger partial charge on any atom is -0.392 e. The third-order valence-electron chi connectivity index (χ3n) is 3.21. The highest BCUT2D eigenvalue weighted by Crippen LogP contribution is 2.21. The van der Waals surface area contributed by atoms with Gasteiger partial charge in [0.15, 0.2) is 0 Å². The number of halogens is 1. The van der Waals surface area contributed by atoms with E-state index in [1.54, 1.807) is 0 Å². The maximum Gasteiger partial charge on any atom is 0.136 e. The molecule has 0 spiro atoms. The van der Waals surface area contributed by atoms with Crippen LogP contribution in [-0.4, -0.2) is 33.9 Å². The number of aromatic nitrogens is 2. The Kier molecular flexibility index (Phi) is 5.38. The van der Waals surface area contributed by atoms with Gasteiger partial charge in [0, 0.05) is 19.6 Å². The van der Waals surface area contributed by atoms with E-state index in [0.717, 1.165) is 35.7 Å². The number of nitrogens with one attached hydrogen (secondary N) is 1. The van der Waals surface area contributed by atoms with E-state index in [-0.39, 0.29) is 6.10 Å². The molecule has 0 fully saturated rings. The lowest BCUT2D eigenvalue weighted by atomic mass is 10.1. The zero-order valence-corrected chi connectivity index (χ0v) is 13.1. The molecule has 5 nitrogen and oxygen atoms in total. The topological polar surface area (TPSA) is 59.3 Å². The molecule has 1 aromatic rings. The molecule has 108 valence electrons. The molecule has 0 amide bonds. The molecule has 0 saturated carbocycles. The number of hydrogen-bond acceptors (Lipinski definition) is 4. The maximum absolute atomic E-state index is 9.84. The Bertz CT molecular complexity index is 420. The zero-order valence-electron chi connectivity index (χ0n) is 11.5. The molecular weight excluding hydrogens is 310 g/mol. The van der Waals surface area contributed by atoms with Gasteiger partial charge in [-0.25, -0.2) is 4.98 Å². The molecule has 6 heteroatoms. The fraction of sp³-hybridized carbons (Fsp3) is 0.769. The largest absolute Gasteiger partial charge is 0.392 e. The van der Waals surface area contributed by atoms with Crippen LogP contribution in [0.25, 0.3) is 0 Å². The van der Waals surface area contributed by atoms with E-state index in [1.165, 1.54) is 0 Å². The summed E-state index contributed by atoms with van der Waals surface area (Å²) in [7, 11) is 0. The highest BCUT2D eigenvalue weighted by Gasteiger charge is 2.18. The minimum absolute atomic E-state index is 0.286. The van der Waals surface area contributed by atoms with Gasteiger partial charge in [0.1, 0.15) is 17.0 Å². The molecule has 0 radical (unpaired) electrons. The summed E-state index contributed by atoms with van der Waals surface area (Å²) in [4.78, 5) is 4.45. The lowest BCUT2D eigenvalue weighted by molar-refractivity contribution is 0.0803. The first-order valence-electron chi connectivity index (χ1n) is 6.78. The summed E-state index contributed by atoms with van der Waals surface area (Å²) in [5.41, 5.74) is 1.13. The van der Waals surface area contributed by atoms with Crippen molar-refractivity contribution in [3.63, 3.8) is 0 Å². The second-order valence-electron chi connectivity index (χ2n) is 5.38. The van der Waals surface area contributed by atoms with Crippen LogP contribution in [0.15, 0.2) is 4.60 Å². The summed E-state index contributed by atoms with van der Waals surface area (Å²) in [5.74, 6) is 1.49. The summed E-state index contributed by atoms with van der Waals surface area (Å²) >= 11 is 3.49. The third-order valence-corrected chi connectivity index (χ3v) is 3.84. The first-order valence-corrected chi connectivity index (χ1v) is 7.57. The molecule has 0 aliphatic carbocycles. The van der Waals surface area contributed by atoms with Crippen LogP contribution in [0.5, 0.6) is 0 Å². The Labute approximate surface area is 122 Å². The lowest BCUT2D eigenvalue weighted by Crippen LogP contribution is -2.29. The number of nitrogens with zero attached hydrogens (tertiary/aromatic N) is 2. The van der Waals surface area contributed by atoms with Crippen LogP contribution in [0.3, 0.4) is 0 Å². The van der Waals surface area contributed by atoms with E-state index >= 15 is 0 Å². The predicted octanol–water partition coefficient (Wildman–Crippen LogP) is 1.67. The maximum atomic E-state index is 9.84. The number of imidazole rings is 1. The van der Waals surface area contributed by atoms with E-state index in [9.17, 15) is 5.11 Å². The summed E-state index contributed by atoms with van der Waals surface area (Å²) in [6, 6.07) is 0. The number of rotatable bonds is 6. The number of ether oxygens (including phenoxy) is 1. The van der Waals surface area contributed by atoms with Gasteiger partial charge >= 0.3 is 0 Å². The molecule has 1 unspecified atom stereocenters. The van der Waals surface area contributed by atoms with Crippen LogP contribution in [0.2, 0.25) is 0 Å². The van der Waals surface area contributed by atoms with Crippen molar-refractivity contribution < 1.29 is 9.84 Å². The molecule has 2 N–H and O–H groups in total. The van der Waals surface area contributed by atoms with Gasteiger partial charge in [-0.1, -0.05) is 13.8 Å². The van der Waals surface area contributed by atoms with Gasteiger partial charge in [0.05, 0.1) is 18.4 Å². The molecule has 0 saturated heterocycles. The molecule has 1 aliphatic rings. The Morgan fingerprint density at radius 2 is 2.32 bits per heavy atom. The summed E-state index contributed by atoms with van der Waals surface area (Å²) in [6.45, 7) is 7.72. The summed E-state index contributed by atoms with van der Waals surface area (Å²) < 4.78 is 8.45. The summed E-state index contributed by atoms with van der Waals surface area (Å²) in [6.07, 6.45) is 0.540. The van der Waals surface area contributed by atoms with Gasteiger partial charge in [0.25, 0.3) is 0 Å². The average Bonchev–Trinajstić information content (AvgIpc) is 2.65. The highest BCUT2D eigenvalue weighted by atomic mass is 79.9. The smallest absolute Gasteiger partial charge is 0.136 e. The first-order chi connectivity index (χ1) is 9.08. The summed E-state index contributed by atoms with van der Waals surface area (Å²) in [5, 5.41) is 13.1. The molecule has 0 bridgehead atoms.